The fraction of sp³-hybridized carbons (Fsp3) is 0.200. The highest BCUT2D eigenvalue weighted by atomic mass is 35.5. The largest absolute Gasteiger partial charge is 0.450 e. The monoisotopic (exact) mass is 448 g/mol. The summed E-state index contributed by atoms with van der Waals surface area (Å²) in [5, 5.41) is 22.6. The van der Waals surface area contributed by atoms with E-state index in [-0.39, 0.29) is 38.3 Å². The minimum atomic E-state index is -3.41. The summed E-state index contributed by atoms with van der Waals surface area (Å²) in [7, 11) is -0.996. The van der Waals surface area contributed by atoms with Crippen LogP contribution in [0.4, 0.5) is 11.4 Å². The smallest absolute Gasteiger partial charge is 0.340 e. The van der Waals surface area contributed by atoms with Gasteiger partial charge in [-0.15, -0.1) is 11.8 Å². The predicted octanol–water partition coefficient (Wildman–Crippen LogP) is 5.48. The van der Waals surface area contributed by atoms with Crippen LogP contribution in [0.1, 0.15) is 0 Å². The Morgan fingerprint density at radius 3 is 2.25 bits per heavy atom. The van der Waals surface area contributed by atoms with Gasteiger partial charge in [-0.05, 0) is 18.2 Å². The number of thioether (sulfide) groups is 1. The summed E-state index contributed by atoms with van der Waals surface area (Å²) in [6, 6.07) is 7.66. The molecule has 0 spiro atoms. The Labute approximate surface area is 168 Å². The molecule has 2 aromatic carbocycles. The molecule has 0 N–H and O–H groups in total. The molecule has 2 aromatic rings. The normalized spacial score (nSPS) is 11.2. The van der Waals surface area contributed by atoms with Crippen LogP contribution in [0.25, 0.3) is 0 Å². The van der Waals surface area contributed by atoms with Gasteiger partial charge in [-0.25, -0.2) is 0 Å². The molecule has 0 saturated heterocycles. The van der Waals surface area contributed by atoms with E-state index in [1.807, 2.05) is 0 Å². The first-order valence-corrected chi connectivity index (χ1v) is 10.5. The minimum absolute atomic E-state index is 0.0846. The molecule has 0 aliphatic heterocycles. The van der Waals surface area contributed by atoms with Crippen LogP contribution in [0.3, 0.4) is 0 Å². The Morgan fingerprint density at radius 2 is 1.68 bits per heavy atom. The average Bonchev–Trinajstić information content (AvgIpc) is 2.67. The van der Waals surface area contributed by atoms with Crippen molar-refractivity contribution in [2.24, 2.45) is 0 Å². The maximum Gasteiger partial charge on any atom is 0.340 e. The van der Waals surface area contributed by atoms with Crippen molar-refractivity contribution in [2.75, 3.05) is 19.7 Å². The van der Waals surface area contributed by atoms with Gasteiger partial charge in [0.1, 0.15) is 11.2 Å². The van der Waals surface area contributed by atoms with E-state index in [0.29, 0.717) is 0 Å². The molecule has 0 amide bonds. The molecule has 10 nitrogen and oxygen atoms in total. The second-order valence-corrected chi connectivity index (χ2v) is 9.26. The number of ether oxygens (including phenoxy) is 1. The maximum absolute atomic E-state index is 12.2. The van der Waals surface area contributed by atoms with Gasteiger partial charge in [-0.1, -0.05) is 11.6 Å². The molecule has 0 aromatic heterocycles. The summed E-state index contributed by atoms with van der Waals surface area (Å²) >= 11 is 6.65. The second kappa shape index (κ2) is 9.35. The molecule has 0 atom stereocenters. The Hall–Kier alpha value is -2.17. The summed E-state index contributed by atoms with van der Waals surface area (Å²) < 4.78 is 27.3. The van der Waals surface area contributed by atoms with E-state index in [1.54, 1.807) is 0 Å². The van der Waals surface area contributed by atoms with Gasteiger partial charge in [0.2, 0.25) is 5.75 Å². The summed E-state index contributed by atoms with van der Waals surface area (Å²) in [5.41, 5.74) is -0.782. The second-order valence-electron chi connectivity index (χ2n) is 5.11. The zero-order valence-electron chi connectivity index (χ0n) is 14.6. The first-order valence-electron chi connectivity index (χ1n) is 7.42. The lowest BCUT2D eigenvalue weighted by Gasteiger charge is -2.13. The first-order chi connectivity index (χ1) is 13.2. The topological polar surface area (TPSA) is 131 Å². The van der Waals surface area contributed by atoms with Crippen molar-refractivity contribution < 1.29 is 28.2 Å². The third kappa shape index (κ3) is 5.43. The molecule has 0 fully saturated rings. The molecular formula is C15H14ClN2O8PS. The van der Waals surface area contributed by atoms with Crippen LogP contribution in [0.15, 0.2) is 41.3 Å². The van der Waals surface area contributed by atoms with Crippen LogP contribution in [-0.4, -0.2) is 29.6 Å². The van der Waals surface area contributed by atoms with E-state index in [9.17, 15) is 24.8 Å². The molecular weight excluding hydrogens is 435 g/mol. The lowest BCUT2D eigenvalue weighted by atomic mass is 10.3. The molecule has 0 radical (unpaired) electrons. The zero-order valence-corrected chi connectivity index (χ0v) is 17.0. The third-order valence-electron chi connectivity index (χ3n) is 3.41. The maximum atomic E-state index is 12.2. The van der Waals surface area contributed by atoms with Crippen molar-refractivity contribution in [3.8, 4) is 11.5 Å². The highest BCUT2D eigenvalue weighted by Gasteiger charge is 2.25. The summed E-state index contributed by atoms with van der Waals surface area (Å²) in [4.78, 5) is 21.3. The Bertz CT molecular complexity index is 950. The number of hydrogen-bond donors (Lipinski definition) is 0. The van der Waals surface area contributed by atoms with E-state index < -0.39 is 17.4 Å². The third-order valence-corrected chi connectivity index (χ3v) is 7.18. The Balaban J connectivity index is 2.36. The van der Waals surface area contributed by atoms with Crippen molar-refractivity contribution in [1.82, 2.24) is 0 Å². The SMILES string of the molecule is COP(=O)(CSc1cc(Oc2ccc(Cl)cc2[N+](=O)[O-])ccc1[N+](=O)[O-])OC. The molecule has 13 heteroatoms. The number of halogens is 1. The number of rotatable bonds is 9. The number of nitro benzene ring substituents is 2. The average molecular weight is 449 g/mol. The fourth-order valence-corrected chi connectivity index (χ4v) is 4.84. The van der Waals surface area contributed by atoms with Gasteiger partial charge in [0.05, 0.1) is 14.7 Å². The molecule has 0 aliphatic rings. The van der Waals surface area contributed by atoms with Crippen molar-refractivity contribution in [3.05, 3.63) is 61.6 Å². The van der Waals surface area contributed by atoms with Gasteiger partial charge in [-0.3, -0.25) is 24.8 Å². The number of nitro groups is 2. The van der Waals surface area contributed by atoms with Crippen LogP contribution in [0.5, 0.6) is 11.5 Å². The van der Waals surface area contributed by atoms with Gasteiger partial charge in [-0.2, -0.15) is 0 Å². The first kappa shape index (κ1) is 22.1. The number of hydrogen-bond acceptors (Lipinski definition) is 9. The van der Waals surface area contributed by atoms with E-state index in [0.717, 1.165) is 17.8 Å². The van der Waals surface area contributed by atoms with E-state index in [4.69, 9.17) is 25.4 Å². The molecule has 28 heavy (non-hydrogen) atoms. The van der Waals surface area contributed by atoms with E-state index in [2.05, 4.69) is 0 Å². The van der Waals surface area contributed by atoms with Gasteiger partial charge in [0, 0.05) is 37.4 Å². The van der Waals surface area contributed by atoms with Crippen LogP contribution in [-0.2, 0) is 13.6 Å². The van der Waals surface area contributed by atoms with Gasteiger partial charge in [0.25, 0.3) is 5.69 Å². The lowest BCUT2D eigenvalue weighted by Crippen LogP contribution is -1.96. The molecule has 0 heterocycles. The minimum Gasteiger partial charge on any atom is -0.450 e. The molecule has 150 valence electrons. The van der Waals surface area contributed by atoms with Crippen molar-refractivity contribution >= 4 is 42.3 Å². The van der Waals surface area contributed by atoms with Gasteiger partial charge >= 0.3 is 13.3 Å². The Kier molecular flexibility index (Phi) is 7.39. The highest BCUT2D eigenvalue weighted by molar-refractivity contribution is 8.04. The van der Waals surface area contributed by atoms with Crippen molar-refractivity contribution in [2.45, 2.75) is 4.90 Å². The predicted molar refractivity (Wildman–Crippen MR) is 104 cm³/mol. The lowest BCUT2D eigenvalue weighted by molar-refractivity contribution is -0.387. The van der Waals surface area contributed by atoms with Crippen LogP contribution in [0.2, 0.25) is 5.02 Å². The van der Waals surface area contributed by atoms with Crippen molar-refractivity contribution in [3.63, 3.8) is 0 Å². The Morgan fingerprint density at radius 1 is 1.04 bits per heavy atom. The standard InChI is InChI=1S/C15H14ClN2O8PS/c1-24-27(23,25-2)9-28-15-8-11(4-5-12(15)17(19)20)26-14-6-3-10(16)7-13(14)18(21)22/h3-8H,9H2,1-2H3. The number of nitrogens with zero attached hydrogens (tertiary/aromatic N) is 2. The van der Waals surface area contributed by atoms with Gasteiger partial charge in [0.15, 0.2) is 0 Å². The van der Waals surface area contributed by atoms with Gasteiger partial charge < -0.3 is 13.8 Å². The van der Waals surface area contributed by atoms with E-state index in [1.165, 1.54) is 44.6 Å². The van der Waals surface area contributed by atoms with Crippen LogP contribution in [0, 0.1) is 20.2 Å². The molecule has 2 rings (SSSR count). The fourth-order valence-electron chi connectivity index (χ4n) is 2.00. The molecule has 0 saturated carbocycles. The summed E-state index contributed by atoms with van der Waals surface area (Å²) in [5.74, 6) is 0.0295. The summed E-state index contributed by atoms with van der Waals surface area (Å²) in [6.07, 6.45) is 0. The molecule has 0 bridgehead atoms. The number of benzene rings is 2. The van der Waals surface area contributed by atoms with Crippen molar-refractivity contribution in [1.29, 1.82) is 0 Å². The molecule has 0 unspecified atom stereocenters. The quantitative estimate of drug-likeness (QED) is 0.211. The van der Waals surface area contributed by atoms with Crippen LogP contribution < -0.4 is 4.74 Å². The van der Waals surface area contributed by atoms with E-state index >= 15 is 0 Å². The highest BCUT2D eigenvalue weighted by Crippen LogP contribution is 2.52. The molecule has 0 aliphatic carbocycles. The summed E-state index contributed by atoms with van der Waals surface area (Å²) in [6.45, 7) is 0. The van der Waals surface area contributed by atoms with Crippen LogP contribution >= 0.6 is 31.0 Å². The zero-order chi connectivity index (χ0) is 20.9.